The number of pyridine rings is 1. The van der Waals surface area contributed by atoms with Crippen molar-refractivity contribution in [2.45, 2.75) is 36.1 Å². The predicted molar refractivity (Wildman–Crippen MR) is 169 cm³/mol. The summed E-state index contributed by atoms with van der Waals surface area (Å²) >= 11 is 0. The van der Waals surface area contributed by atoms with Gasteiger partial charge in [0.15, 0.2) is 0 Å². The van der Waals surface area contributed by atoms with Gasteiger partial charge < -0.3 is 19.3 Å². The van der Waals surface area contributed by atoms with E-state index >= 15 is 0 Å². The highest BCUT2D eigenvalue weighted by molar-refractivity contribution is 8.45. The predicted octanol–water partition coefficient (Wildman–Crippen LogP) is 5.54. The first-order valence-corrected chi connectivity index (χ1v) is 17.0. The van der Waals surface area contributed by atoms with Crippen LogP contribution >= 0.6 is 10.2 Å². The standard InChI is InChI=1S/C32H34F5N5O6S/c1-39-15-16-40(20-28(39)43)31(45)29(23-9-6-14-38-18-23)42(24-10-12-26(13-11-24)49(33,34,35,36)37)30(44)27-17-25(47-2)19-41(27)32(46)48-21-22-7-4-3-5-8-22/h3-14,18,25,27,29H,15-17,19-21H2,1-2H3/t25-,27-,29?/m1/s1. The van der Waals surface area contributed by atoms with Crippen molar-refractivity contribution in [2.75, 3.05) is 45.2 Å². The summed E-state index contributed by atoms with van der Waals surface area (Å²) in [5, 5.41) is 0. The number of likely N-dealkylation sites (N-methyl/N-ethyl adjacent to an activating group) is 1. The van der Waals surface area contributed by atoms with Gasteiger partial charge in [-0.1, -0.05) is 55.8 Å². The molecule has 11 nitrogen and oxygen atoms in total. The smallest absolute Gasteiger partial charge is 0.410 e. The van der Waals surface area contributed by atoms with Gasteiger partial charge in [-0.2, -0.15) is 0 Å². The molecule has 0 saturated carbocycles. The highest BCUT2D eigenvalue weighted by Gasteiger charge is 2.65. The van der Waals surface area contributed by atoms with Crippen LogP contribution in [-0.2, 0) is 30.5 Å². The quantitative estimate of drug-likeness (QED) is 0.268. The van der Waals surface area contributed by atoms with Crippen molar-refractivity contribution in [1.82, 2.24) is 19.7 Å². The zero-order chi connectivity index (χ0) is 35.6. The number of ether oxygens (including phenoxy) is 2. The molecule has 1 unspecified atom stereocenters. The molecule has 2 saturated heterocycles. The lowest BCUT2D eigenvalue weighted by Gasteiger charge is -2.41. The fraction of sp³-hybridized carbons (Fsp3) is 0.344. The molecule has 49 heavy (non-hydrogen) atoms. The normalized spacial score (nSPS) is 20.3. The van der Waals surface area contributed by atoms with Crippen LogP contribution in [0, 0.1) is 0 Å². The number of carbonyl (C=O) groups excluding carboxylic acids is 4. The van der Waals surface area contributed by atoms with Gasteiger partial charge >= 0.3 is 16.3 Å². The molecule has 5 rings (SSSR count). The zero-order valence-corrected chi connectivity index (χ0v) is 27.3. The van der Waals surface area contributed by atoms with E-state index < -0.39 is 57.1 Å². The Balaban J connectivity index is 1.59. The number of anilines is 1. The first-order chi connectivity index (χ1) is 23.0. The molecule has 0 bridgehead atoms. The average Bonchev–Trinajstić information content (AvgIpc) is 3.52. The first-order valence-electron chi connectivity index (χ1n) is 15.1. The van der Waals surface area contributed by atoms with E-state index in [2.05, 4.69) is 4.98 Å². The van der Waals surface area contributed by atoms with Crippen LogP contribution in [0.3, 0.4) is 0 Å². The lowest BCUT2D eigenvalue weighted by atomic mass is 10.0. The molecule has 2 aliphatic heterocycles. The number of amides is 4. The van der Waals surface area contributed by atoms with E-state index in [1.807, 2.05) is 0 Å². The van der Waals surface area contributed by atoms with Gasteiger partial charge in [-0.05, 0) is 35.9 Å². The van der Waals surface area contributed by atoms with E-state index in [4.69, 9.17) is 9.47 Å². The molecule has 3 heterocycles. The monoisotopic (exact) mass is 711 g/mol. The van der Waals surface area contributed by atoms with Gasteiger partial charge in [-0.25, -0.2) is 4.79 Å². The van der Waals surface area contributed by atoms with Crippen LogP contribution in [0.15, 0.2) is 84.0 Å². The summed E-state index contributed by atoms with van der Waals surface area (Å²) in [7, 11) is -7.20. The Morgan fingerprint density at radius 1 is 0.980 bits per heavy atom. The molecule has 2 fully saturated rings. The third kappa shape index (κ3) is 8.10. The van der Waals surface area contributed by atoms with Crippen LogP contribution in [0.25, 0.3) is 0 Å². The van der Waals surface area contributed by atoms with Crippen molar-refractivity contribution in [1.29, 1.82) is 0 Å². The number of hydrogen-bond acceptors (Lipinski definition) is 7. The Bertz CT molecular complexity index is 1700. The molecule has 264 valence electrons. The number of hydrogen-bond donors (Lipinski definition) is 0. The molecule has 1 aromatic heterocycles. The molecule has 0 aliphatic carbocycles. The molecule has 0 spiro atoms. The Kier molecular flexibility index (Phi) is 9.37. The van der Waals surface area contributed by atoms with Gasteiger partial charge in [0.1, 0.15) is 23.6 Å². The largest absolute Gasteiger partial charge is 0.445 e. The lowest BCUT2D eigenvalue weighted by Crippen LogP contribution is -2.56. The third-order valence-electron chi connectivity index (χ3n) is 8.38. The number of benzene rings is 2. The van der Waals surface area contributed by atoms with Crippen LogP contribution in [0.5, 0.6) is 0 Å². The van der Waals surface area contributed by atoms with Gasteiger partial charge in [0.25, 0.3) is 11.8 Å². The fourth-order valence-electron chi connectivity index (χ4n) is 5.69. The number of rotatable bonds is 9. The first kappa shape index (κ1) is 35.5. The maximum Gasteiger partial charge on any atom is 0.410 e. The van der Waals surface area contributed by atoms with Crippen molar-refractivity contribution in [2.24, 2.45) is 0 Å². The van der Waals surface area contributed by atoms with Crippen LogP contribution < -0.4 is 4.90 Å². The molecule has 17 heteroatoms. The van der Waals surface area contributed by atoms with Crippen LogP contribution in [0.1, 0.15) is 23.6 Å². The van der Waals surface area contributed by atoms with Gasteiger partial charge in [0.2, 0.25) is 5.91 Å². The minimum Gasteiger partial charge on any atom is -0.445 e. The van der Waals surface area contributed by atoms with Crippen molar-refractivity contribution >= 4 is 39.7 Å². The minimum absolute atomic E-state index is 0.0656. The molecule has 3 atom stereocenters. The average molecular weight is 712 g/mol. The lowest BCUT2D eigenvalue weighted by molar-refractivity contribution is -0.145. The van der Waals surface area contributed by atoms with Crippen LogP contribution in [-0.4, -0.2) is 96.0 Å². The van der Waals surface area contributed by atoms with Crippen molar-refractivity contribution < 1.29 is 48.1 Å². The molecule has 4 amide bonds. The number of carbonyl (C=O) groups is 4. The van der Waals surface area contributed by atoms with Crippen molar-refractivity contribution in [3.8, 4) is 0 Å². The third-order valence-corrected chi connectivity index (χ3v) is 9.54. The second kappa shape index (κ2) is 12.9. The number of likely N-dealkylation sites (tertiary alicyclic amines) is 1. The molecule has 3 aromatic rings. The Morgan fingerprint density at radius 3 is 2.27 bits per heavy atom. The maximum atomic E-state index is 14.7. The molecule has 0 radical (unpaired) electrons. The van der Waals surface area contributed by atoms with Gasteiger partial charge in [-0.3, -0.25) is 29.2 Å². The van der Waals surface area contributed by atoms with Crippen molar-refractivity contribution in [3.05, 3.63) is 90.3 Å². The molecule has 0 N–H and O–H groups in total. The number of aromatic nitrogens is 1. The highest BCUT2D eigenvalue weighted by atomic mass is 32.5. The second-order valence-corrected chi connectivity index (χ2v) is 14.1. The van der Waals surface area contributed by atoms with Gasteiger partial charge in [-0.15, -0.1) is 0 Å². The molecule has 2 aromatic carbocycles. The number of piperazine rings is 1. The summed E-state index contributed by atoms with van der Waals surface area (Å²) < 4.78 is 79.5. The minimum atomic E-state index is -10.1. The molecular formula is C32H34F5N5O6S. The van der Waals surface area contributed by atoms with E-state index in [-0.39, 0.29) is 62.6 Å². The Labute approximate surface area is 278 Å². The van der Waals surface area contributed by atoms with E-state index in [0.717, 1.165) is 9.80 Å². The summed E-state index contributed by atoms with van der Waals surface area (Å²) in [6.07, 6.45) is 1.01. The Hall–Kier alpha value is -4.77. The highest BCUT2D eigenvalue weighted by Crippen LogP contribution is 3.02. The fourth-order valence-corrected chi connectivity index (χ4v) is 6.34. The number of methoxy groups -OCH3 is 1. The van der Waals surface area contributed by atoms with E-state index in [9.17, 15) is 38.6 Å². The zero-order valence-electron chi connectivity index (χ0n) is 26.5. The summed E-state index contributed by atoms with van der Waals surface area (Å²) in [6, 6.07) is 10.3. The van der Waals surface area contributed by atoms with E-state index in [1.54, 1.807) is 37.4 Å². The van der Waals surface area contributed by atoms with E-state index in [1.165, 1.54) is 41.4 Å². The summed E-state index contributed by atoms with van der Waals surface area (Å²) in [4.78, 5) is 61.4. The maximum absolute atomic E-state index is 14.7. The summed E-state index contributed by atoms with van der Waals surface area (Å²) in [5.41, 5.74) is 0.427. The summed E-state index contributed by atoms with van der Waals surface area (Å²) in [6.45, 7) is -0.366. The van der Waals surface area contributed by atoms with Crippen molar-refractivity contribution in [3.63, 3.8) is 0 Å². The molecular weight excluding hydrogens is 677 g/mol. The van der Waals surface area contributed by atoms with E-state index in [0.29, 0.717) is 17.7 Å². The SMILES string of the molecule is CO[C@@H]1C[C@H](C(=O)N(c2ccc(S(F)(F)(F)(F)F)cc2)C(C(=O)N2CCN(C)C(=O)C2)c2cccnc2)N(C(=O)OCc2ccccc2)C1. The van der Waals surface area contributed by atoms with Gasteiger partial charge in [0.05, 0.1) is 19.2 Å². The van der Waals surface area contributed by atoms with Crippen LogP contribution in [0.2, 0.25) is 0 Å². The van der Waals surface area contributed by atoms with Crippen LogP contribution in [0.4, 0.5) is 29.9 Å². The van der Waals surface area contributed by atoms with Gasteiger partial charge in [0, 0.05) is 57.3 Å². The molecule has 2 aliphatic rings. The Morgan fingerprint density at radius 2 is 1.67 bits per heavy atom. The number of nitrogens with zero attached hydrogens (tertiary/aromatic N) is 5. The number of halogens is 5. The topological polar surface area (TPSA) is 113 Å². The summed E-state index contributed by atoms with van der Waals surface area (Å²) in [5.74, 6) is -2.10. The second-order valence-electron chi connectivity index (χ2n) is 11.7.